The van der Waals surface area contributed by atoms with Gasteiger partial charge in [-0.3, -0.25) is 15.2 Å². The van der Waals surface area contributed by atoms with Crippen LogP contribution in [-0.2, 0) is 4.74 Å². The van der Waals surface area contributed by atoms with E-state index in [1.165, 1.54) is 12.1 Å². The van der Waals surface area contributed by atoms with Gasteiger partial charge in [-0.05, 0) is 18.2 Å². The first kappa shape index (κ1) is 18.9. The molecule has 4 aromatic rings. The third-order valence-corrected chi connectivity index (χ3v) is 5.07. The largest absolute Gasteiger partial charge is 0.378 e. The number of benzene rings is 2. The second-order valence-electron chi connectivity index (χ2n) is 7.14. The predicted molar refractivity (Wildman–Crippen MR) is 117 cm³/mol. The number of ether oxygens (including phenoxy) is 1. The maximum Gasteiger partial charge on any atom is 0.270 e. The fourth-order valence-electron chi connectivity index (χ4n) is 3.50. The summed E-state index contributed by atoms with van der Waals surface area (Å²) in [6.45, 7) is 2.56. The molecule has 0 aliphatic carbocycles. The van der Waals surface area contributed by atoms with Crippen LogP contribution in [-0.4, -0.2) is 51.4 Å². The number of nitrogens with zero attached hydrogens (tertiary/aromatic N) is 5. The molecule has 0 unspecified atom stereocenters. The zero-order valence-electron chi connectivity index (χ0n) is 16.5. The highest BCUT2D eigenvalue weighted by Gasteiger charge is 2.17. The Bertz CT molecular complexity index is 1250. The van der Waals surface area contributed by atoms with E-state index in [2.05, 4.69) is 20.4 Å². The normalized spacial score (nSPS) is 14.0. The molecular weight excluding hydrogens is 398 g/mol. The van der Waals surface area contributed by atoms with Crippen molar-refractivity contribution in [2.75, 3.05) is 36.5 Å². The highest BCUT2D eigenvalue weighted by Crippen LogP contribution is 2.28. The summed E-state index contributed by atoms with van der Waals surface area (Å²) in [6.07, 6.45) is 1.76. The van der Waals surface area contributed by atoms with Gasteiger partial charge in [-0.25, -0.2) is 4.98 Å². The lowest BCUT2D eigenvalue weighted by atomic mass is 10.1. The number of aromatic amines is 1. The minimum absolute atomic E-state index is 0.0175. The van der Waals surface area contributed by atoms with Gasteiger partial charge in [0.25, 0.3) is 5.69 Å². The third kappa shape index (κ3) is 4.01. The van der Waals surface area contributed by atoms with Crippen molar-refractivity contribution in [3.05, 3.63) is 64.8 Å². The van der Waals surface area contributed by atoms with E-state index in [0.29, 0.717) is 49.3 Å². The van der Waals surface area contributed by atoms with Crippen LogP contribution in [0.15, 0.2) is 54.7 Å². The lowest BCUT2D eigenvalue weighted by Crippen LogP contribution is -2.37. The lowest BCUT2D eigenvalue weighted by Gasteiger charge is -2.27. The molecule has 2 N–H and O–H groups in total. The van der Waals surface area contributed by atoms with E-state index in [1.54, 1.807) is 24.4 Å². The summed E-state index contributed by atoms with van der Waals surface area (Å²) < 4.78 is 5.44. The van der Waals surface area contributed by atoms with Crippen LogP contribution >= 0.6 is 0 Å². The lowest BCUT2D eigenvalue weighted by molar-refractivity contribution is -0.384. The number of nitro groups is 1. The second-order valence-corrected chi connectivity index (χ2v) is 7.14. The quantitative estimate of drug-likeness (QED) is 0.374. The van der Waals surface area contributed by atoms with Crippen LogP contribution in [0.2, 0.25) is 0 Å². The molecule has 0 saturated carbocycles. The number of anilines is 3. The molecule has 5 rings (SSSR count). The van der Waals surface area contributed by atoms with Gasteiger partial charge in [0.2, 0.25) is 5.95 Å². The molecule has 0 bridgehead atoms. The third-order valence-electron chi connectivity index (χ3n) is 5.07. The number of hydrogen-bond acceptors (Lipinski definition) is 8. The van der Waals surface area contributed by atoms with Crippen molar-refractivity contribution in [3.8, 4) is 11.3 Å². The fourth-order valence-corrected chi connectivity index (χ4v) is 3.50. The Kier molecular flexibility index (Phi) is 4.89. The maximum atomic E-state index is 11.2. The average molecular weight is 417 g/mol. The Morgan fingerprint density at radius 2 is 1.97 bits per heavy atom. The van der Waals surface area contributed by atoms with Gasteiger partial charge in [0, 0.05) is 47.9 Å². The molecule has 2 aromatic heterocycles. The fraction of sp³-hybridized carbons (Fsp3) is 0.190. The Morgan fingerprint density at radius 3 is 2.81 bits per heavy atom. The van der Waals surface area contributed by atoms with E-state index in [4.69, 9.17) is 14.7 Å². The van der Waals surface area contributed by atoms with Gasteiger partial charge in [0.05, 0.1) is 35.5 Å². The molecule has 31 heavy (non-hydrogen) atoms. The van der Waals surface area contributed by atoms with Crippen LogP contribution in [0.5, 0.6) is 0 Å². The number of non-ortho nitro benzene ring substituents is 1. The molecule has 0 spiro atoms. The smallest absolute Gasteiger partial charge is 0.270 e. The predicted octanol–water partition coefficient (Wildman–Crippen LogP) is 3.51. The summed E-state index contributed by atoms with van der Waals surface area (Å²) in [5.74, 6) is 1.15. The zero-order valence-corrected chi connectivity index (χ0v) is 16.5. The molecule has 0 amide bonds. The molecule has 3 heterocycles. The number of nitrogens with one attached hydrogen (secondary N) is 2. The Balaban J connectivity index is 1.55. The molecule has 10 heteroatoms. The molecule has 1 aliphatic heterocycles. The van der Waals surface area contributed by atoms with Crippen LogP contribution in [0.1, 0.15) is 0 Å². The summed E-state index contributed by atoms with van der Waals surface area (Å²) in [5.41, 5.74) is 3.07. The molecule has 2 aromatic carbocycles. The van der Waals surface area contributed by atoms with Crippen LogP contribution in [0.4, 0.5) is 23.1 Å². The number of fused-ring (bicyclic) bond motifs is 1. The molecular formula is C21H19N7O3. The van der Waals surface area contributed by atoms with E-state index in [-0.39, 0.29) is 5.69 Å². The van der Waals surface area contributed by atoms with Crippen molar-refractivity contribution in [3.63, 3.8) is 0 Å². The summed E-state index contributed by atoms with van der Waals surface area (Å²) in [7, 11) is 0. The minimum Gasteiger partial charge on any atom is -0.378 e. The average Bonchev–Trinajstić information content (AvgIpc) is 3.27. The van der Waals surface area contributed by atoms with Crippen LogP contribution < -0.4 is 10.2 Å². The molecule has 156 valence electrons. The standard InChI is InChI=1S/C21H19N7O3/c29-28(30)17-3-1-2-14(11-17)19-12-20(25-21(24-19)27-6-8-31-9-7-27)23-16-4-5-18-15(10-16)13-22-26-18/h1-5,10-13H,6-9H2,(H,22,26)(H,23,24,25). The minimum atomic E-state index is -0.410. The molecule has 0 atom stereocenters. The van der Waals surface area contributed by atoms with Gasteiger partial charge >= 0.3 is 0 Å². The molecule has 0 radical (unpaired) electrons. The molecule has 1 aliphatic rings. The molecule has 10 nitrogen and oxygen atoms in total. The molecule has 1 fully saturated rings. The van der Waals surface area contributed by atoms with E-state index >= 15 is 0 Å². The van der Waals surface area contributed by atoms with Crippen molar-refractivity contribution in [2.24, 2.45) is 0 Å². The summed E-state index contributed by atoms with van der Waals surface area (Å²) in [6, 6.07) is 14.1. The Labute approximate surface area is 177 Å². The second kappa shape index (κ2) is 8.00. The Hall–Kier alpha value is -4.05. The van der Waals surface area contributed by atoms with Gasteiger partial charge in [-0.1, -0.05) is 12.1 Å². The highest BCUT2D eigenvalue weighted by atomic mass is 16.6. The maximum absolute atomic E-state index is 11.2. The van der Waals surface area contributed by atoms with Gasteiger partial charge in [-0.2, -0.15) is 10.1 Å². The van der Waals surface area contributed by atoms with Crippen molar-refractivity contribution in [2.45, 2.75) is 0 Å². The summed E-state index contributed by atoms with van der Waals surface area (Å²) in [5, 5.41) is 22.5. The van der Waals surface area contributed by atoms with Gasteiger partial charge < -0.3 is 15.0 Å². The number of rotatable bonds is 5. The number of H-pyrrole nitrogens is 1. The number of nitro benzene ring substituents is 1. The van der Waals surface area contributed by atoms with Crippen LogP contribution in [0.3, 0.4) is 0 Å². The Morgan fingerprint density at radius 1 is 1.10 bits per heavy atom. The SMILES string of the molecule is O=[N+]([O-])c1cccc(-c2cc(Nc3ccc4[nH]ncc4c3)nc(N3CCOCC3)n2)c1. The van der Waals surface area contributed by atoms with Crippen molar-refractivity contribution < 1.29 is 9.66 Å². The zero-order chi connectivity index (χ0) is 21.2. The van der Waals surface area contributed by atoms with Crippen molar-refractivity contribution >= 4 is 34.0 Å². The van der Waals surface area contributed by atoms with Crippen LogP contribution in [0.25, 0.3) is 22.2 Å². The first-order valence-corrected chi connectivity index (χ1v) is 9.82. The van der Waals surface area contributed by atoms with E-state index in [0.717, 1.165) is 16.6 Å². The number of morpholine rings is 1. The van der Waals surface area contributed by atoms with Gasteiger partial charge in [-0.15, -0.1) is 0 Å². The first-order chi connectivity index (χ1) is 15.2. The highest BCUT2D eigenvalue weighted by molar-refractivity contribution is 5.83. The monoisotopic (exact) mass is 417 g/mol. The van der Waals surface area contributed by atoms with E-state index in [1.807, 2.05) is 18.2 Å². The molecule has 1 saturated heterocycles. The van der Waals surface area contributed by atoms with E-state index < -0.39 is 4.92 Å². The van der Waals surface area contributed by atoms with E-state index in [9.17, 15) is 10.1 Å². The van der Waals surface area contributed by atoms with Crippen molar-refractivity contribution in [1.29, 1.82) is 0 Å². The van der Waals surface area contributed by atoms with Crippen LogP contribution in [0, 0.1) is 10.1 Å². The van der Waals surface area contributed by atoms with Gasteiger partial charge in [0.15, 0.2) is 0 Å². The van der Waals surface area contributed by atoms with Gasteiger partial charge in [0.1, 0.15) is 5.82 Å². The topological polar surface area (TPSA) is 122 Å². The summed E-state index contributed by atoms with van der Waals surface area (Å²) >= 11 is 0. The number of hydrogen-bond donors (Lipinski definition) is 2. The first-order valence-electron chi connectivity index (χ1n) is 9.82. The van der Waals surface area contributed by atoms with Crippen molar-refractivity contribution in [1.82, 2.24) is 20.2 Å². The summed E-state index contributed by atoms with van der Waals surface area (Å²) in [4.78, 5) is 22.2. The number of aromatic nitrogens is 4.